The molecule has 1 aromatic heterocycles. The predicted octanol–water partition coefficient (Wildman–Crippen LogP) is 4.21. The minimum Gasteiger partial charge on any atom is -0.435 e. The summed E-state index contributed by atoms with van der Waals surface area (Å²) in [7, 11) is 0. The summed E-state index contributed by atoms with van der Waals surface area (Å²) in [6, 6.07) is 14.4. The Hall–Kier alpha value is -3.42. The Bertz CT molecular complexity index is 1180. The van der Waals surface area contributed by atoms with Crippen molar-refractivity contribution in [3.63, 3.8) is 0 Å². The highest BCUT2D eigenvalue weighted by Crippen LogP contribution is 2.38. The number of alkyl halides is 1. The standard InChI is InChI=1S/C23H21FN2O5/c1-13(2)20(21-25-18-11-19(27)30-23(18,12-24)31-21)29-22(28)26-16-9-5-3-7-14(16)15-8-4-6-10-17(15)26/h3-10,13,18,20H,11-12H2,1-2H3/t18?,20?,23-/m0/s1. The highest BCUT2D eigenvalue weighted by Gasteiger charge is 2.58. The fourth-order valence-corrected chi connectivity index (χ4v) is 4.23. The molecule has 0 aliphatic carbocycles. The van der Waals surface area contributed by atoms with Gasteiger partial charge in [0.25, 0.3) is 0 Å². The van der Waals surface area contributed by atoms with Crippen molar-refractivity contribution in [3.8, 4) is 0 Å². The Kier molecular flexibility index (Phi) is 4.46. The highest BCUT2D eigenvalue weighted by molar-refractivity contribution is 6.12. The number of esters is 1. The quantitative estimate of drug-likeness (QED) is 0.586. The van der Waals surface area contributed by atoms with Crippen molar-refractivity contribution in [1.29, 1.82) is 0 Å². The second kappa shape index (κ2) is 7.08. The second-order valence-corrected chi connectivity index (χ2v) is 8.13. The lowest BCUT2D eigenvalue weighted by Crippen LogP contribution is -2.43. The number of aromatic nitrogens is 1. The fraction of sp³-hybridized carbons (Fsp3) is 0.348. The minimum absolute atomic E-state index is 0.0688. The third kappa shape index (κ3) is 2.97. The van der Waals surface area contributed by atoms with Crippen LogP contribution < -0.4 is 0 Å². The van der Waals surface area contributed by atoms with Crippen molar-refractivity contribution >= 4 is 39.8 Å². The summed E-state index contributed by atoms with van der Waals surface area (Å²) >= 11 is 0. The number of carbonyl (C=O) groups is 2. The largest absolute Gasteiger partial charge is 0.435 e. The van der Waals surface area contributed by atoms with Crippen LogP contribution in [-0.4, -0.2) is 47.1 Å². The number of ether oxygens (including phenoxy) is 3. The fourth-order valence-electron chi connectivity index (χ4n) is 4.23. The van der Waals surface area contributed by atoms with Crippen LogP contribution in [0, 0.1) is 5.92 Å². The molecular weight excluding hydrogens is 403 g/mol. The first-order valence-corrected chi connectivity index (χ1v) is 10.2. The number of fused-ring (bicyclic) bond motifs is 4. The maximum Gasteiger partial charge on any atom is 0.419 e. The molecular formula is C23H21FN2O5. The van der Waals surface area contributed by atoms with E-state index in [1.165, 1.54) is 4.57 Å². The molecule has 2 aromatic carbocycles. The molecule has 8 heteroatoms. The van der Waals surface area contributed by atoms with E-state index in [9.17, 15) is 14.0 Å². The van der Waals surface area contributed by atoms with E-state index in [4.69, 9.17) is 14.2 Å². The molecule has 7 nitrogen and oxygen atoms in total. The van der Waals surface area contributed by atoms with Crippen LogP contribution in [0.5, 0.6) is 0 Å². The summed E-state index contributed by atoms with van der Waals surface area (Å²) in [5.74, 6) is -2.45. The third-order valence-corrected chi connectivity index (χ3v) is 5.74. The van der Waals surface area contributed by atoms with E-state index in [0.717, 1.165) is 21.8 Å². The molecule has 1 saturated heterocycles. The Labute approximate surface area is 177 Å². The number of nitrogens with zero attached hydrogens (tertiary/aromatic N) is 2. The van der Waals surface area contributed by atoms with Gasteiger partial charge in [0.05, 0.1) is 17.5 Å². The van der Waals surface area contributed by atoms with Gasteiger partial charge in [-0.2, -0.15) is 0 Å². The first-order chi connectivity index (χ1) is 14.9. The van der Waals surface area contributed by atoms with Crippen molar-refractivity contribution < 1.29 is 28.2 Å². The van der Waals surface area contributed by atoms with Gasteiger partial charge in [-0.1, -0.05) is 50.2 Å². The normalized spacial score (nSPS) is 23.5. The molecule has 0 N–H and O–H groups in total. The van der Waals surface area contributed by atoms with Crippen molar-refractivity contribution in [1.82, 2.24) is 4.57 Å². The van der Waals surface area contributed by atoms with Crippen molar-refractivity contribution in [2.24, 2.45) is 10.9 Å². The van der Waals surface area contributed by atoms with Gasteiger partial charge >= 0.3 is 17.8 Å². The molecule has 2 unspecified atom stereocenters. The molecule has 2 aliphatic heterocycles. The number of hydrogen-bond acceptors (Lipinski definition) is 6. The van der Waals surface area contributed by atoms with Crippen LogP contribution in [0.2, 0.25) is 0 Å². The summed E-state index contributed by atoms with van der Waals surface area (Å²) in [5, 5.41) is 1.87. The van der Waals surface area contributed by atoms with E-state index in [0.29, 0.717) is 0 Å². The van der Waals surface area contributed by atoms with Gasteiger partial charge in [-0.3, -0.25) is 4.79 Å². The number of halogens is 1. The van der Waals surface area contributed by atoms with Crippen LogP contribution in [-0.2, 0) is 19.0 Å². The molecule has 160 valence electrons. The lowest BCUT2D eigenvalue weighted by atomic mass is 10.1. The molecule has 0 amide bonds. The topological polar surface area (TPSA) is 79.1 Å². The van der Waals surface area contributed by atoms with Crippen LogP contribution in [0.4, 0.5) is 9.18 Å². The number of benzene rings is 2. The number of para-hydroxylation sites is 2. The van der Waals surface area contributed by atoms with E-state index >= 15 is 0 Å². The summed E-state index contributed by atoms with van der Waals surface area (Å²) < 4.78 is 31.8. The predicted molar refractivity (Wildman–Crippen MR) is 112 cm³/mol. The average Bonchev–Trinajstić information content (AvgIpc) is 3.37. The zero-order chi connectivity index (χ0) is 21.8. The first-order valence-electron chi connectivity index (χ1n) is 10.2. The molecule has 2 aliphatic rings. The molecule has 0 radical (unpaired) electrons. The van der Waals surface area contributed by atoms with Crippen LogP contribution in [0.25, 0.3) is 21.8 Å². The number of aliphatic imine (C=N–C) groups is 1. The Morgan fingerprint density at radius 2 is 1.77 bits per heavy atom. The molecule has 1 fully saturated rings. The van der Waals surface area contributed by atoms with Gasteiger partial charge in [-0.05, 0) is 18.1 Å². The zero-order valence-electron chi connectivity index (χ0n) is 17.1. The maximum absolute atomic E-state index is 13.7. The monoisotopic (exact) mass is 424 g/mol. The minimum atomic E-state index is -1.75. The van der Waals surface area contributed by atoms with Crippen LogP contribution in [0.3, 0.4) is 0 Å². The smallest absolute Gasteiger partial charge is 0.419 e. The lowest BCUT2D eigenvalue weighted by Gasteiger charge is -2.26. The Morgan fingerprint density at radius 3 is 2.32 bits per heavy atom. The molecule has 5 rings (SSSR count). The van der Waals surface area contributed by atoms with E-state index in [1.807, 2.05) is 62.4 Å². The summed E-state index contributed by atoms with van der Waals surface area (Å²) in [6.45, 7) is 2.66. The van der Waals surface area contributed by atoms with Crippen LogP contribution in [0.15, 0.2) is 53.5 Å². The summed E-state index contributed by atoms with van der Waals surface area (Å²) in [5.41, 5.74) is 1.44. The molecule has 31 heavy (non-hydrogen) atoms. The van der Waals surface area contributed by atoms with Gasteiger partial charge in [-0.15, -0.1) is 0 Å². The van der Waals surface area contributed by atoms with Crippen molar-refractivity contribution in [3.05, 3.63) is 48.5 Å². The maximum atomic E-state index is 13.7. The number of carbonyl (C=O) groups excluding carboxylic acids is 2. The Morgan fingerprint density at radius 1 is 1.16 bits per heavy atom. The highest BCUT2D eigenvalue weighted by atomic mass is 19.1. The number of rotatable bonds is 4. The molecule has 3 atom stereocenters. The van der Waals surface area contributed by atoms with Crippen molar-refractivity contribution in [2.45, 2.75) is 38.2 Å². The molecule has 3 aromatic rings. The summed E-state index contributed by atoms with van der Waals surface area (Å²) in [4.78, 5) is 29.3. The zero-order valence-corrected chi connectivity index (χ0v) is 17.1. The SMILES string of the molecule is CC(C)C(OC(=O)n1c2ccccc2c2ccccc21)C1=NC2CC(=O)O[C@@]2(CF)O1. The van der Waals surface area contributed by atoms with Crippen molar-refractivity contribution in [2.75, 3.05) is 6.67 Å². The van der Waals surface area contributed by atoms with Gasteiger partial charge in [0, 0.05) is 10.8 Å². The molecule has 0 bridgehead atoms. The Balaban J connectivity index is 1.51. The van der Waals surface area contributed by atoms with Gasteiger partial charge in [-0.25, -0.2) is 18.7 Å². The molecule has 3 heterocycles. The average molecular weight is 424 g/mol. The van der Waals surface area contributed by atoms with Gasteiger partial charge in [0.2, 0.25) is 5.90 Å². The molecule has 0 saturated carbocycles. The van der Waals surface area contributed by atoms with Gasteiger partial charge < -0.3 is 14.2 Å². The number of hydrogen-bond donors (Lipinski definition) is 0. The van der Waals surface area contributed by atoms with E-state index in [2.05, 4.69) is 4.99 Å². The van der Waals surface area contributed by atoms with Gasteiger partial charge in [0.15, 0.2) is 12.8 Å². The second-order valence-electron chi connectivity index (χ2n) is 8.13. The van der Waals surface area contributed by atoms with E-state index in [-0.39, 0.29) is 18.2 Å². The summed E-state index contributed by atoms with van der Waals surface area (Å²) in [6.07, 6.45) is -1.52. The lowest BCUT2D eigenvalue weighted by molar-refractivity contribution is -0.186. The van der Waals surface area contributed by atoms with Gasteiger partial charge in [0.1, 0.15) is 6.04 Å². The van der Waals surface area contributed by atoms with E-state index in [1.54, 1.807) is 0 Å². The third-order valence-electron chi connectivity index (χ3n) is 5.74. The first kappa shape index (κ1) is 19.5. The van der Waals surface area contributed by atoms with Crippen LogP contribution >= 0.6 is 0 Å². The van der Waals surface area contributed by atoms with Crippen LogP contribution in [0.1, 0.15) is 20.3 Å². The molecule has 0 spiro atoms. The van der Waals surface area contributed by atoms with E-state index < -0.39 is 36.7 Å².